The fourth-order valence-corrected chi connectivity index (χ4v) is 1.91. The predicted octanol–water partition coefficient (Wildman–Crippen LogP) is 3.82. The van der Waals surface area contributed by atoms with Crippen LogP contribution in [0.4, 0.5) is 8.78 Å². The Morgan fingerprint density at radius 3 is 1.72 bits per heavy atom. The Hall–Kier alpha value is -1.84. The lowest BCUT2D eigenvalue weighted by molar-refractivity contribution is -0.282. The normalized spacial score (nSPS) is 13.8. The van der Waals surface area contributed by atoms with Gasteiger partial charge in [-0.1, -0.05) is 13.8 Å². The van der Waals surface area contributed by atoms with Crippen molar-refractivity contribution in [3.8, 4) is 0 Å². The first-order valence-corrected chi connectivity index (χ1v) is 9.43. The summed E-state index contributed by atoms with van der Waals surface area (Å²) in [5.74, 6) is -1.95. The second-order valence-corrected chi connectivity index (χ2v) is 6.10. The molecule has 0 aromatic heterocycles. The molecule has 0 heterocycles. The largest absolute Gasteiger partial charge is 0.469 e. The molecule has 0 aliphatic carbocycles. The summed E-state index contributed by atoms with van der Waals surface area (Å²) in [4.78, 5) is 31.1. The molecule has 0 aliphatic heterocycles. The molecule has 0 aliphatic rings. The number of hydrogen-bond donors (Lipinski definition) is 1. The number of carbonyl (C=O) groups is 2. The molecule has 0 aromatic carbocycles. The number of methoxy groups -OCH3 is 2. The molecule has 0 spiro atoms. The van der Waals surface area contributed by atoms with Crippen LogP contribution in [0.5, 0.6) is 0 Å². The smallest absolute Gasteiger partial charge is 0.308 e. The molecule has 29 heavy (non-hydrogen) atoms. The molecule has 1 N–H and O–H groups in total. The maximum absolute atomic E-state index is 13.1. The molecule has 7 nitrogen and oxygen atoms in total. The second-order valence-electron chi connectivity index (χ2n) is 6.10. The zero-order valence-electron chi connectivity index (χ0n) is 17.9. The SMILES string of the molecule is CCOOCC=C(F)CCC(C)C(=O)OC.COC(=O)C(C)CCC(F)=CCO. The van der Waals surface area contributed by atoms with Crippen LogP contribution in [0.1, 0.15) is 46.5 Å². The average Bonchev–Trinajstić information content (AvgIpc) is 2.72. The van der Waals surface area contributed by atoms with Gasteiger partial charge in [0.25, 0.3) is 0 Å². The average molecular weight is 424 g/mol. The number of allylic oxidation sites excluding steroid dienone is 2. The highest BCUT2D eigenvalue weighted by Gasteiger charge is 2.14. The number of aliphatic hydroxyl groups is 1. The molecule has 0 fully saturated rings. The molecule has 0 bridgehead atoms. The van der Waals surface area contributed by atoms with Crippen molar-refractivity contribution >= 4 is 11.9 Å². The third kappa shape index (κ3) is 18.0. The van der Waals surface area contributed by atoms with E-state index in [2.05, 4.69) is 19.2 Å². The third-order valence-electron chi connectivity index (χ3n) is 3.73. The quantitative estimate of drug-likeness (QED) is 0.208. The molecule has 2 unspecified atom stereocenters. The summed E-state index contributed by atoms with van der Waals surface area (Å²) < 4.78 is 34.8. The zero-order valence-corrected chi connectivity index (χ0v) is 17.9. The first kappa shape index (κ1) is 29.4. The van der Waals surface area contributed by atoms with Crippen molar-refractivity contribution in [1.82, 2.24) is 0 Å². The molecular weight excluding hydrogens is 390 g/mol. The summed E-state index contributed by atoms with van der Waals surface area (Å²) in [6, 6.07) is 0. The molecule has 9 heteroatoms. The van der Waals surface area contributed by atoms with Gasteiger partial charge in [-0.2, -0.15) is 0 Å². The van der Waals surface area contributed by atoms with E-state index in [9.17, 15) is 18.4 Å². The first-order chi connectivity index (χ1) is 13.7. The highest BCUT2D eigenvalue weighted by atomic mass is 19.1. The maximum atomic E-state index is 13.1. The van der Waals surface area contributed by atoms with Gasteiger partial charge in [-0.25, -0.2) is 18.6 Å². The number of halogens is 2. The Balaban J connectivity index is 0. The van der Waals surface area contributed by atoms with Crippen LogP contribution >= 0.6 is 0 Å². The maximum Gasteiger partial charge on any atom is 0.308 e. The minimum atomic E-state index is -0.391. The highest BCUT2D eigenvalue weighted by molar-refractivity contribution is 5.72. The van der Waals surface area contributed by atoms with Crippen LogP contribution in [0.15, 0.2) is 23.8 Å². The van der Waals surface area contributed by atoms with Gasteiger partial charge in [-0.05, 0) is 44.8 Å². The number of hydrogen-bond acceptors (Lipinski definition) is 7. The molecule has 170 valence electrons. The van der Waals surface area contributed by atoms with Crippen LogP contribution in [0.3, 0.4) is 0 Å². The topological polar surface area (TPSA) is 91.3 Å². The van der Waals surface area contributed by atoms with Crippen molar-refractivity contribution in [3.63, 3.8) is 0 Å². The van der Waals surface area contributed by atoms with Gasteiger partial charge in [0.1, 0.15) is 6.61 Å². The van der Waals surface area contributed by atoms with Gasteiger partial charge in [0.05, 0.1) is 50.9 Å². The Kier molecular flexibility index (Phi) is 19.7. The van der Waals surface area contributed by atoms with Gasteiger partial charge in [-0.15, -0.1) is 0 Å². The molecule has 0 radical (unpaired) electrons. The van der Waals surface area contributed by atoms with Gasteiger partial charge in [0.2, 0.25) is 0 Å². The van der Waals surface area contributed by atoms with E-state index in [0.717, 1.165) is 6.08 Å². The van der Waals surface area contributed by atoms with Crippen molar-refractivity contribution in [2.24, 2.45) is 11.8 Å². The standard InChI is InChI=1S/C11H19FO4.C9H15FO3/c1-4-15-16-8-7-10(12)6-5-9(2)11(13)14-3;1-7(9(12)13-2)3-4-8(10)5-6-11/h7,9H,4-6,8H2,1-3H3;5,7,11H,3-4,6H2,1-2H3. The minimum Gasteiger partial charge on any atom is -0.469 e. The summed E-state index contributed by atoms with van der Waals surface area (Å²) in [6.45, 7) is 5.35. The van der Waals surface area contributed by atoms with Crippen LogP contribution in [0.2, 0.25) is 0 Å². The van der Waals surface area contributed by atoms with E-state index in [1.807, 2.05) is 0 Å². The van der Waals surface area contributed by atoms with Gasteiger partial charge >= 0.3 is 11.9 Å². The highest BCUT2D eigenvalue weighted by Crippen LogP contribution is 2.14. The molecule has 0 saturated heterocycles. The fourth-order valence-electron chi connectivity index (χ4n) is 1.91. The Bertz CT molecular complexity index is 507. The van der Waals surface area contributed by atoms with Crippen LogP contribution < -0.4 is 0 Å². The van der Waals surface area contributed by atoms with Crippen molar-refractivity contribution in [2.45, 2.75) is 46.5 Å². The summed E-state index contributed by atoms with van der Waals surface area (Å²) in [5, 5.41) is 8.35. The second kappa shape index (κ2) is 19.5. The van der Waals surface area contributed by atoms with Crippen LogP contribution in [-0.2, 0) is 28.8 Å². The van der Waals surface area contributed by atoms with Crippen molar-refractivity contribution in [2.75, 3.05) is 34.0 Å². The Morgan fingerprint density at radius 2 is 1.34 bits per heavy atom. The van der Waals surface area contributed by atoms with Crippen molar-refractivity contribution in [1.29, 1.82) is 0 Å². The first-order valence-electron chi connectivity index (χ1n) is 9.43. The summed E-state index contributed by atoms with van der Waals surface area (Å²) in [7, 11) is 2.62. The fraction of sp³-hybridized carbons (Fsp3) is 0.700. The Morgan fingerprint density at radius 1 is 0.897 bits per heavy atom. The van der Waals surface area contributed by atoms with E-state index in [-0.39, 0.29) is 55.7 Å². The van der Waals surface area contributed by atoms with E-state index in [4.69, 9.17) is 5.11 Å². The van der Waals surface area contributed by atoms with E-state index in [1.54, 1.807) is 20.8 Å². The number of carbonyl (C=O) groups excluding carboxylic acids is 2. The van der Waals surface area contributed by atoms with E-state index >= 15 is 0 Å². The summed E-state index contributed by atoms with van der Waals surface area (Å²) in [5.41, 5.74) is 0. The zero-order chi connectivity index (χ0) is 22.7. The monoisotopic (exact) mass is 424 g/mol. The summed E-state index contributed by atoms with van der Waals surface area (Å²) in [6.07, 6.45) is 3.56. The van der Waals surface area contributed by atoms with Gasteiger partial charge in [-0.3, -0.25) is 9.59 Å². The van der Waals surface area contributed by atoms with Crippen LogP contribution in [0.25, 0.3) is 0 Å². The van der Waals surface area contributed by atoms with Gasteiger partial charge in [0.15, 0.2) is 0 Å². The molecular formula is C20H34F2O7. The third-order valence-corrected chi connectivity index (χ3v) is 3.73. The molecule has 0 rings (SSSR count). The molecule has 0 saturated carbocycles. The van der Waals surface area contributed by atoms with Gasteiger partial charge in [0, 0.05) is 0 Å². The van der Waals surface area contributed by atoms with E-state index < -0.39 is 5.83 Å². The number of aliphatic hydroxyl groups excluding tert-OH is 1. The molecule has 2 atom stereocenters. The Labute approximate surface area is 171 Å². The van der Waals surface area contributed by atoms with Crippen LogP contribution in [-0.4, -0.2) is 51.1 Å². The molecule has 0 aromatic rings. The molecule has 0 amide bonds. The number of ether oxygens (including phenoxy) is 2. The van der Waals surface area contributed by atoms with E-state index in [0.29, 0.717) is 19.4 Å². The number of esters is 2. The lowest BCUT2D eigenvalue weighted by atomic mass is 10.1. The van der Waals surface area contributed by atoms with Crippen molar-refractivity contribution < 1.29 is 42.7 Å². The lowest BCUT2D eigenvalue weighted by Gasteiger charge is -2.07. The predicted molar refractivity (Wildman–Crippen MR) is 104 cm³/mol. The van der Waals surface area contributed by atoms with E-state index in [1.165, 1.54) is 20.3 Å². The number of rotatable bonds is 13. The lowest BCUT2D eigenvalue weighted by Crippen LogP contribution is -2.12. The van der Waals surface area contributed by atoms with Crippen LogP contribution in [0, 0.1) is 11.8 Å². The summed E-state index contributed by atoms with van der Waals surface area (Å²) >= 11 is 0. The van der Waals surface area contributed by atoms with Gasteiger partial charge < -0.3 is 14.6 Å². The minimum absolute atomic E-state index is 0.0757. The van der Waals surface area contributed by atoms with Crippen molar-refractivity contribution in [3.05, 3.63) is 23.8 Å².